The maximum absolute atomic E-state index is 13.4. The molecule has 2 heterocycles. The lowest BCUT2D eigenvalue weighted by Gasteiger charge is -2.25. The van der Waals surface area contributed by atoms with Crippen LogP contribution in [-0.4, -0.2) is 54.4 Å². The average Bonchev–Trinajstić information content (AvgIpc) is 3.61. The molecule has 0 amide bonds. The van der Waals surface area contributed by atoms with Crippen molar-refractivity contribution in [1.82, 2.24) is 10.3 Å². The van der Waals surface area contributed by atoms with Crippen LogP contribution in [0, 0.1) is 11.3 Å². The van der Waals surface area contributed by atoms with Crippen molar-refractivity contribution < 1.29 is 31.5 Å². The minimum Gasteiger partial charge on any atom is -0.480 e. The van der Waals surface area contributed by atoms with Gasteiger partial charge in [0.15, 0.2) is 9.84 Å². The Morgan fingerprint density at radius 2 is 1.78 bits per heavy atom. The number of carboxylic acid groups (broad SMARTS) is 1. The molecule has 1 saturated carbocycles. The van der Waals surface area contributed by atoms with Gasteiger partial charge in [-0.05, 0) is 62.6 Å². The lowest BCUT2D eigenvalue weighted by atomic mass is 10.1. The standard InChI is InChI=1S/C17H13Cl2F3N2O4S.C14H26N2/c18-9-3-4-14(12(19)6-9)29(27,28)10-7-13(16(25)26)24(8-10)15-11(17(20,21)22)2-1-5-23-15;1-2-3-4-5-6-7-8-9-12-16-14(13-15)10-11-14/h1-6,10,13H,7-8H2,(H,25,26);16H,2-12H2,1H3/t10-,13-;/m1./s1. The second kappa shape index (κ2) is 16.3. The van der Waals surface area contributed by atoms with Crippen LogP contribution in [0.4, 0.5) is 19.0 Å². The van der Waals surface area contributed by atoms with E-state index in [0.29, 0.717) is 0 Å². The van der Waals surface area contributed by atoms with Crippen molar-refractivity contribution in [2.24, 2.45) is 0 Å². The van der Waals surface area contributed by atoms with Crippen LogP contribution in [0.2, 0.25) is 10.0 Å². The summed E-state index contributed by atoms with van der Waals surface area (Å²) in [5, 5.41) is 20.5. The Balaban J connectivity index is 0.000000292. The van der Waals surface area contributed by atoms with Crippen molar-refractivity contribution in [2.45, 2.75) is 105 Å². The van der Waals surface area contributed by atoms with Crippen LogP contribution in [0.5, 0.6) is 0 Å². The summed E-state index contributed by atoms with van der Waals surface area (Å²) in [6.45, 7) is 2.80. The number of benzene rings is 1. The fraction of sp³-hybridized carbons (Fsp3) is 0.581. The van der Waals surface area contributed by atoms with Crippen LogP contribution in [0.15, 0.2) is 41.4 Å². The van der Waals surface area contributed by atoms with Gasteiger partial charge in [-0.25, -0.2) is 18.2 Å². The van der Waals surface area contributed by atoms with E-state index in [9.17, 15) is 31.5 Å². The number of anilines is 1. The lowest BCUT2D eigenvalue weighted by Crippen LogP contribution is -2.38. The van der Waals surface area contributed by atoms with E-state index < -0.39 is 57.6 Å². The molecule has 8 nitrogen and oxygen atoms in total. The molecular weight excluding hydrogens is 652 g/mol. The molecule has 2 N–H and O–H groups in total. The third-order valence-electron chi connectivity index (χ3n) is 8.01. The molecule has 45 heavy (non-hydrogen) atoms. The first-order valence-electron chi connectivity index (χ1n) is 15.1. The van der Waals surface area contributed by atoms with Crippen LogP contribution < -0.4 is 10.2 Å². The van der Waals surface area contributed by atoms with E-state index in [4.69, 9.17) is 28.5 Å². The first-order chi connectivity index (χ1) is 21.3. The van der Waals surface area contributed by atoms with E-state index in [-0.39, 0.29) is 20.5 Å². The highest BCUT2D eigenvalue weighted by Gasteiger charge is 2.47. The Bertz CT molecular complexity index is 1450. The summed E-state index contributed by atoms with van der Waals surface area (Å²) in [7, 11) is -4.15. The van der Waals surface area contributed by atoms with Gasteiger partial charge in [-0.2, -0.15) is 18.4 Å². The number of hydrogen-bond donors (Lipinski definition) is 2. The van der Waals surface area contributed by atoms with Crippen LogP contribution in [0.25, 0.3) is 0 Å². The Kier molecular flexibility index (Phi) is 13.4. The van der Waals surface area contributed by atoms with Crippen LogP contribution >= 0.6 is 23.2 Å². The SMILES string of the molecule is CCCCCCCCCCNC1(C#N)CC1.O=C(O)[C@H]1C[C@@H](S(=O)(=O)c2ccc(Cl)cc2Cl)CN1c1ncccc1C(F)(F)F. The third-order valence-corrected chi connectivity index (χ3v) is 10.9. The molecule has 0 bridgehead atoms. The minimum absolute atomic E-state index is 0.110. The topological polar surface area (TPSA) is 123 Å². The molecule has 4 rings (SSSR count). The number of pyridine rings is 1. The van der Waals surface area contributed by atoms with E-state index in [1.54, 1.807) is 0 Å². The van der Waals surface area contributed by atoms with Gasteiger partial charge in [0.25, 0.3) is 0 Å². The number of alkyl halides is 3. The summed E-state index contributed by atoms with van der Waals surface area (Å²) >= 11 is 11.7. The number of carbonyl (C=O) groups is 1. The van der Waals surface area contributed by atoms with Gasteiger partial charge in [-0.15, -0.1) is 0 Å². The molecule has 2 fully saturated rings. The maximum atomic E-state index is 13.4. The summed E-state index contributed by atoms with van der Waals surface area (Å²) in [6, 6.07) is 6.40. The van der Waals surface area contributed by atoms with Gasteiger partial charge in [0.2, 0.25) is 0 Å². The number of nitriles is 1. The third kappa shape index (κ3) is 10.2. The van der Waals surface area contributed by atoms with E-state index in [2.05, 4.69) is 23.3 Å². The van der Waals surface area contributed by atoms with Gasteiger partial charge in [0, 0.05) is 17.8 Å². The molecule has 1 aromatic heterocycles. The zero-order chi connectivity index (χ0) is 33.3. The van der Waals surface area contributed by atoms with Crippen molar-refractivity contribution in [1.29, 1.82) is 5.26 Å². The number of halogens is 5. The van der Waals surface area contributed by atoms with Crippen molar-refractivity contribution in [3.63, 3.8) is 0 Å². The van der Waals surface area contributed by atoms with Crippen LogP contribution in [-0.2, 0) is 20.8 Å². The largest absolute Gasteiger partial charge is 0.480 e. The highest BCUT2D eigenvalue weighted by Crippen LogP contribution is 2.40. The van der Waals surface area contributed by atoms with E-state index in [0.717, 1.165) is 42.6 Å². The molecule has 2 atom stereocenters. The molecule has 0 spiro atoms. The zero-order valence-corrected chi connectivity index (χ0v) is 27.5. The monoisotopic (exact) mass is 690 g/mol. The van der Waals surface area contributed by atoms with Crippen molar-refractivity contribution >= 4 is 44.8 Å². The number of unbranched alkanes of at least 4 members (excludes halogenated alkanes) is 7. The quantitative estimate of drug-likeness (QED) is 0.194. The molecule has 1 aromatic carbocycles. The summed E-state index contributed by atoms with van der Waals surface area (Å²) in [5.74, 6) is -2.09. The first kappa shape index (κ1) is 36.9. The number of rotatable bonds is 14. The molecule has 0 unspecified atom stereocenters. The smallest absolute Gasteiger partial charge is 0.419 e. The normalized spacial score (nSPS) is 19.0. The minimum atomic E-state index is -4.79. The van der Waals surface area contributed by atoms with E-state index in [1.807, 2.05) is 0 Å². The highest BCUT2D eigenvalue weighted by molar-refractivity contribution is 7.92. The molecule has 2 aromatic rings. The van der Waals surface area contributed by atoms with Gasteiger partial charge < -0.3 is 10.0 Å². The summed E-state index contributed by atoms with van der Waals surface area (Å²) in [5.41, 5.74) is -1.25. The number of hydrogen-bond acceptors (Lipinski definition) is 7. The fourth-order valence-corrected chi connectivity index (χ4v) is 7.73. The summed E-state index contributed by atoms with van der Waals surface area (Å²) < 4.78 is 66.1. The first-order valence-corrected chi connectivity index (χ1v) is 17.4. The Hall–Kier alpha value is -2.59. The van der Waals surface area contributed by atoms with Gasteiger partial charge in [-0.3, -0.25) is 5.32 Å². The highest BCUT2D eigenvalue weighted by atomic mass is 35.5. The Labute approximate surface area is 272 Å². The Morgan fingerprint density at radius 1 is 1.13 bits per heavy atom. The molecule has 1 saturated heterocycles. The molecule has 1 aliphatic carbocycles. The van der Waals surface area contributed by atoms with E-state index in [1.165, 1.54) is 69.6 Å². The average molecular weight is 692 g/mol. The molecule has 0 radical (unpaired) electrons. The maximum Gasteiger partial charge on any atom is 0.419 e. The number of nitrogens with zero attached hydrogens (tertiary/aromatic N) is 3. The second-order valence-electron chi connectivity index (χ2n) is 11.5. The van der Waals surface area contributed by atoms with Crippen LogP contribution in [0.3, 0.4) is 0 Å². The predicted octanol–water partition coefficient (Wildman–Crippen LogP) is 7.69. The number of nitrogens with one attached hydrogen (secondary N) is 1. The van der Waals surface area contributed by atoms with Gasteiger partial charge in [0.05, 0.1) is 26.8 Å². The number of aromatic nitrogens is 1. The number of aliphatic carboxylic acids is 1. The number of sulfone groups is 1. The van der Waals surface area contributed by atoms with Crippen LogP contribution in [0.1, 0.15) is 83.1 Å². The molecule has 1 aliphatic heterocycles. The number of carboxylic acids is 1. The lowest BCUT2D eigenvalue weighted by molar-refractivity contribution is -0.140. The van der Waals surface area contributed by atoms with Gasteiger partial charge in [0.1, 0.15) is 17.4 Å². The van der Waals surface area contributed by atoms with Crippen molar-refractivity contribution in [3.8, 4) is 6.07 Å². The molecule has 248 valence electrons. The molecule has 14 heteroatoms. The Morgan fingerprint density at radius 3 is 2.33 bits per heavy atom. The second-order valence-corrected chi connectivity index (χ2v) is 14.5. The molecular formula is C31H39Cl2F3N4O4S. The summed E-state index contributed by atoms with van der Waals surface area (Å²) in [4.78, 5) is 16.0. The predicted molar refractivity (Wildman–Crippen MR) is 168 cm³/mol. The zero-order valence-electron chi connectivity index (χ0n) is 25.1. The van der Waals surface area contributed by atoms with E-state index >= 15 is 0 Å². The summed E-state index contributed by atoms with van der Waals surface area (Å²) in [6.07, 6.45) is 8.84. The van der Waals surface area contributed by atoms with Gasteiger partial charge >= 0.3 is 12.1 Å². The fourth-order valence-electron chi connectivity index (χ4n) is 5.26. The van der Waals surface area contributed by atoms with Crippen molar-refractivity contribution in [3.05, 3.63) is 52.1 Å². The molecule has 2 aliphatic rings. The van der Waals surface area contributed by atoms with Gasteiger partial charge in [-0.1, -0.05) is 75.1 Å². The van der Waals surface area contributed by atoms with Crippen molar-refractivity contribution in [2.75, 3.05) is 18.0 Å².